The lowest BCUT2D eigenvalue weighted by Gasteiger charge is -2.28. The normalized spacial score (nSPS) is 19.5. The van der Waals surface area contributed by atoms with Crippen LogP contribution in [0.4, 0.5) is 4.39 Å². The topological polar surface area (TPSA) is 49.4 Å². The van der Waals surface area contributed by atoms with E-state index in [9.17, 15) is 14.0 Å². The first-order valence-corrected chi connectivity index (χ1v) is 7.36. The zero-order chi connectivity index (χ0) is 15.4. The number of nitrogens with zero attached hydrogens (tertiary/aromatic N) is 1. The van der Waals surface area contributed by atoms with Crippen molar-refractivity contribution in [2.75, 3.05) is 6.54 Å². The van der Waals surface area contributed by atoms with E-state index in [1.54, 1.807) is 11.0 Å². The van der Waals surface area contributed by atoms with Crippen molar-refractivity contribution in [3.05, 3.63) is 35.6 Å². The zero-order valence-corrected chi connectivity index (χ0v) is 12.4. The fraction of sp³-hybridized carbons (Fsp3) is 0.500. The van der Waals surface area contributed by atoms with E-state index >= 15 is 0 Å². The predicted molar refractivity (Wildman–Crippen MR) is 78.4 cm³/mol. The van der Waals surface area contributed by atoms with Gasteiger partial charge in [0, 0.05) is 18.2 Å². The largest absolute Gasteiger partial charge is 0.340 e. The average molecular weight is 292 g/mol. The Bertz CT molecular complexity index is 531. The van der Waals surface area contributed by atoms with Crippen LogP contribution in [0.25, 0.3) is 0 Å². The van der Waals surface area contributed by atoms with Crippen molar-refractivity contribution in [3.8, 4) is 0 Å². The maximum atomic E-state index is 13.2. The van der Waals surface area contributed by atoms with Gasteiger partial charge in [0.15, 0.2) is 0 Å². The Morgan fingerprint density at radius 1 is 1.38 bits per heavy atom. The van der Waals surface area contributed by atoms with Crippen molar-refractivity contribution in [3.63, 3.8) is 0 Å². The second-order valence-electron chi connectivity index (χ2n) is 5.66. The molecule has 1 unspecified atom stereocenters. The standard InChI is InChI=1S/C16H21FN2O2/c1-11(2)19-9-4-3-8-14(16(19)21)18-15(20)12-6-5-7-13(17)10-12/h5-7,10-11,14H,3-4,8-9H2,1-2H3,(H,18,20). The summed E-state index contributed by atoms with van der Waals surface area (Å²) < 4.78 is 13.2. The maximum absolute atomic E-state index is 13.2. The van der Waals surface area contributed by atoms with Gasteiger partial charge in [0.25, 0.3) is 5.91 Å². The van der Waals surface area contributed by atoms with Crippen LogP contribution in [0.15, 0.2) is 24.3 Å². The second-order valence-corrected chi connectivity index (χ2v) is 5.66. The molecule has 1 aliphatic rings. The highest BCUT2D eigenvalue weighted by Gasteiger charge is 2.29. The van der Waals surface area contributed by atoms with Gasteiger partial charge in [-0.05, 0) is 51.3 Å². The van der Waals surface area contributed by atoms with Crippen LogP contribution < -0.4 is 5.32 Å². The highest BCUT2D eigenvalue weighted by molar-refractivity contribution is 5.97. The fourth-order valence-electron chi connectivity index (χ4n) is 2.58. The molecular weight excluding hydrogens is 271 g/mol. The molecule has 0 saturated carbocycles. The van der Waals surface area contributed by atoms with E-state index in [-0.39, 0.29) is 17.5 Å². The van der Waals surface area contributed by atoms with Crippen LogP contribution in [0.1, 0.15) is 43.5 Å². The van der Waals surface area contributed by atoms with E-state index in [0.717, 1.165) is 19.4 Å². The summed E-state index contributed by atoms with van der Waals surface area (Å²) in [6.07, 6.45) is 2.46. The summed E-state index contributed by atoms with van der Waals surface area (Å²) in [5.41, 5.74) is 0.239. The summed E-state index contributed by atoms with van der Waals surface area (Å²) in [4.78, 5) is 26.4. The molecule has 1 aromatic rings. The third kappa shape index (κ3) is 3.80. The molecule has 21 heavy (non-hydrogen) atoms. The molecule has 1 saturated heterocycles. The first kappa shape index (κ1) is 15.5. The van der Waals surface area contributed by atoms with Gasteiger partial charge in [0.05, 0.1) is 0 Å². The third-order valence-electron chi connectivity index (χ3n) is 3.74. The third-order valence-corrected chi connectivity index (χ3v) is 3.74. The number of nitrogens with one attached hydrogen (secondary N) is 1. The Balaban J connectivity index is 2.10. The van der Waals surface area contributed by atoms with Crippen LogP contribution in [0.3, 0.4) is 0 Å². The molecule has 2 rings (SSSR count). The minimum absolute atomic E-state index is 0.0488. The molecule has 0 aliphatic carbocycles. The van der Waals surface area contributed by atoms with Crippen LogP contribution in [0.5, 0.6) is 0 Å². The van der Waals surface area contributed by atoms with E-state index in [1.165, 1.54) is 18.2 Å². The van der Waals surface area contributed by atoms with Gasteiger partial charge >= 0.3 is 0 Å². The van der Waals surface area contributed by atoms with Gasteiger partial charge in [0.2, 0.25) is 5.91 Å². The number of likely N-dealkylation sites (tertiary alicyclic amines) is 1. The number of carbonyl (C=O) groups is 2. The number of benzene rings is 1. The molecule has 0 bridgehead atoms. The fourth-order valence-corrected chi connectivity index (χ4v) is 2.58. The molecule has 1 heterocycles. The zero-order valence-electron chi connectivity index (χ0n) is 12.4. The molecule has 2 amide bonds. The van der Waals surface area contributed by atoms with Gasteiger partial charge in [0.1, 0.15) is 11.9 Å². The molecule has 1 fully saturated rings. The first-order chi connectivity index (χ1) is 9.99. The first-order valence-electron chi connectivity index (χ1n) is 7.36. The highest BCUT2D eigenvalue weighted by atomic mass is 19.1. The summed E-state index contributed by atoms with van der Waals surface area (Å²) in [7, 11) is 0. The van der Waals surface area contributed by atoms with Gasteiger partial charge in [-0.2, -0.15) is 0 Å². The van der Waals surface area contributed by atoms with Crippen molar-refractivity contribution < 1.29 is 14.0 Å². The SMILES string of the molecule is CC(C)N1CCCCC(NC(=O)c2cccc(F)c2)C1=O. The van der Waals surface area contributed by atoms with E-state index < -0.39 is 17.8 Å². The average Bonchev–Trinajstić information content (AvgIpc) is 2.61. The van der Waals surface area contributed by atoms with Crippen molar-refractivity contribution in [2.24, 2.45) is 0 Å². The van der Waals surface area contributed by atoms with Crippen LogP contribution in [0.2, 0.25) is 0 Å². The van der Waals surface area contributed by atoms with Crippen LogP contribution >= 0.6 is 0 Å². The molecule has 0 aromatic heterocycles. The smallest absolute Gasteiger partial charge is 0.252 e. The van der Waals surface area contributed by atoms with Gasteiger partial charge in [-0.1, -0.05) is 6.07 Å². The summed E-state index contributed by atoms with van der Waals surface area (Å²) in [6.45, 7) is 4.66. The Kier molecular flexibility index (Phi) is 4.94. The summed E-state index contributed by atoms with van der Waals surface area (Å²) in [5.74, 6) is -0.913. The number of carbonyl (C=O) groups excluding carboxylic acids is 2. The van der Waals surface area contributed by atoms with Crippen molar-refractivity contribution in [1.82, 2.24) is 10.2 Å². The number of hydrogen-bond donors (Lipinski definition) is 1. The summed E-state index contributed by atoms with van der Waals surface area (Å²) >= 11 is 0. The Hall–Kier alpha value is -1.91. The number of halogens is 1. The van der Waals surface area contributed by atoms with Crippen molar-refractivity contribution in [2.45, 2.75) is 45.2 Å². The van der Waals surface area contributed by atoms with Gasteiger partial charge in [-0.25, -0.2) is 4.39 Å². The monoisotopic (exact) mass is 292 g/mol. The second kappa shape index (κ2) is 6.70. The van der Waals surface area contributed by atoms with E-state index in [4.69, 9.17) is 0 Å². The van der Waals surface area contributed by atoms with Gasteiger partial charge < -0.3 is 10.2 Å². The molecule has 0 radical (unpaired) electrons. The quantitative estimate of drug-likeness (QED) is 0.929. The number of hydrogen-bond acceptors (Lipinski definition) is 2. The molecule has 114 valence electrons. The van der Waals surface area contributed by atoms with Crippen molar-refractivity contribution in [1.29, 1.82) is 0 Å². The van der Waals surface area contributed by atoms with E-state index in [2.05, 4.69) is 5.32 Å². The number of amides is 2. The Morgan fingerprint density at radius 2 is 2.14 bits per heavy atom. The van der Waals surface area contributed by atoms with E-state index in [0.29, 0.717) is 6.42 Å². The lowest BCUT2D eigenvalue weighted by molar-refractivity contribution is -0.134. The molecule has 0 spiro atoms. The summed E-state index contributed by atoms with van der Waals surface area (Å²) in [5, 5.41) is 2.74. The van der Waals surface area contributed by atoms with Gasteiger partial charge in [-0.15, -0.1) is 0 Å². The number of rotatable bonds is 3. The lowest BCUT2D eigenvalue weighted by Crippen LogP contribution is -2.49. The van der Waals surface area contributed by atoms with Crippen LogP contribution in [-0.4, -0.2) is 35.3 Å². The molecule has 1 N–H and O–H groups in total. The highest BCUT2D eigenvalue weighted by Crippen LogP contribution is 2.15. The minimum Gasteiger partial charge on any atom is -0.340 e. The molecule has 4 nitrogen and oxygen atoms in total. The predicted octanol–water partition coefficient (Wildman–Crippen LogP) is 2.35. The molecule has 1 atom stereocenters. The molecule has 1 aromatic carbocycles. The van der Waals surface area contributed by atoms with Gasteiger partial charge in [-0.3, -0.25) is 9.59 Å². The molecular formula is C16H21FN2O2. The lowest BCUT2D eigenvalue weighted by atomic mass is 10.1. The maximum Gasteiger partial charge on any atom is 0.252 e. The van der Waals surface area contributed by atoms with E-state index in [1.807, 2.05) is 13.8 Å². The van der Waals surface area contributed by atoms with Crippen LogP contribution in [-0.2, 0) is 4.79 Å². The molecule has 5 heteroatoms. The summed E-state index contributed by atoms with van der Waals surface area (Å²) in [6, 6.07) is 5.08. The van der Waals surface area contributed by atoms with Crippen LogP contribution in [0, 0.1) is 5.82 Å². The molecule has 1 aliphatic heterocycles. The van der Waals surface area contributed by atoms with Crippen molar-refractivity contribution >= 4 is 11.8 Å². The Labute approximate surface area is 124 Å². The minimum atomic E-state index is -0.523. The Morgan fingerprint density at radius 3 is 2.81 bits per heavy atom.